The van der Waals surface area contributed by atoms with Crippen molar-refractivity contribution in [3.8, 4) is 11.5 Å². The highest BCUT2D eigenvalue weighted by Gasteiger charge is 2.54. The molecule has 3 rings (SSSR count). The van der Waals surface area contributed by atoms with Crippen molar-refractivity contribution in [2.24, 2.45) is 0 Å². The minimum absolute atomic E-state index is 0.120. The summed E-state index contributed by atoms with van der Waals surface area (Å²) in [7, 11) is 0.770. The number of rotatable bonds is 8. The molecular weight excluding hydrogens is 417 g/mol. The molecule has 2 saturated heterocycles. The van der Waals surface area contributed by atoms with Crippen LogP contribution >= 0.6 is 0 Å². The Kier molecular flexibility index (Phi) is 7.37. The summed E-state index contributed by atoms with van der Waals surface area (Å²) in [6.45, 7) is 9.71. The lowest BCUT2D eigenvalue weighted by Crippen LogP contribution is -2.43. The molecule has 2 fully saturated rings. The van der Waals surface area contributed by atoms with Crippen molar-refractivity contribution in [3.05, 3.63) is 23.8 Å². The molecule has 0 saturated carbocycles. The number of benzene rings is 1. The van der Waals surface area contributed by atoms with Crippen LogP contribution in [0.1, 0.15) is 45.5 Å². The van der Waals surface area contributed by atoms with Gasteiger partial charge in [-0.25, -0.2) is 0 Å². The first-order valence-corrected chi connectivity index (χ1v) is 10.8. The van der Waals surface area contributed by atoms with Gasteiger partial charge in [-0.2, -0.15) is 0 Å². The topological polar surface area (TPSA) is 104 Å². The number of carboxylic acids is 1. The molecule has 1 amide bonds. The van der Waals surface area contributed by atoms with Crippen LogP contribution in [0.2, 0.25) is 0 Å². The van der Waals surface area contributed by atoms with Gasteiger partial charge in [0, 0.05) is 18.9 Å². The molecule has 176 valence electrons. The Morgan fingerprint density at radius 3 is 2.31 bits per heavy atom. The van der Waals surface area contributed by atoms with E-state index < -0.39 is 30.1 Å². The maximum Gasteiger partial charge on any atom is 0.466 e. The van der Waals surface area contributed by atoms with Crippen molar-refractivity contribution in [2.45, 2.75) is 51.1 Å². The number of carbonyl (C=O) groups is 2. The van der Waals surface area contributed by atoms with Gasteiger partial charge in [-0.3, -0.25) is 9.59 Å². The Labute approximate surface area is 189 Å². The fraction of sp³-hybridized carbons (Fsp3) is 0.636. The molecule has 0 radical (unpaired) electrons. The van der Waals surface area contributed by atoms with Gasteiger partial charge in [-0.15, -0.1) is 0 Å². The van der Waals surface area contributed by atoms with Crippen LogP contribution in [0.5, 0.6) is 11.5 Å². The lowest BCUT2D eigenvalue weighted by atomic mass is 9.66. The molecule has 9 nitrogen and oxygen atoms in total. The second kappa shape index (κ2) is 9.68. The molecule has 2 heterocycles. The van der Waals surface area contributed by atoms with E-state index >= 15 is 0 Å². The first-order valence-electron chi connectivity index (χ1n) is 10.8. The van der Waals surface area contributed by atoms with Gasteiger partial charge >= 0.3 is 13.1 Å². The van der Waals surface area contributed by atoms with Crippen LogP contribution in [0, 0.1) is 0 Å². The van der Waals surface area contributed by atoms with Gasteiger partial charge in [0.25, 0.3) is 5.91 Å². The third kappa shape index (κ3) is 5.36. The number of nitrogens with zero attached hydrogens (tertiary/aromatic N) is 1. The van der Waals surface area contributed by atoms with E-state index in [1.807, 2.05) is 27.7 Å². The summed E-state index contributed by atoms with van der Waals surface area (Å²) in [4.78, 5) is 25.7. The number of carboxylic acid groups (broad SMARTS) is 1. The van der Waals surface area contributed by atoms with E-state index in [1.54, 1.807) is 23.1 Å². The molecule has 10 heteroatoms. The normalized spacial score (nSPS) is 20.7. The number of hydrogen-bond acceptors (Lipinski definition) is 7. The first kappa shape index (κ1) is 24.3. The lowest BCUT2D eigenvalue weighted by molar-refractivity contribution is -0.138. The molecule has 1 aromatic carbocycles. The van der Waals surface area contributed by atoms with Gasteiger partial charge in [0.1, 0.15) is 0 Å². The highest BCUT2D eigenvalue weighted by Crippen LogP contribution is 2.43. The minimum Gasteiger partial charge on any atom is -0.493 e. The van der Waals surface area contributed by atoms with E-state index in [1.165, 1.54) is 7.11 Å². The predicted molar refractivity (Wildman–Crippen MR) is 117 cm³/mol. The number of morpholine rings is 1. The number of carbonyl (C=O) groups excluding carboxylic acids is 1. The van der Waals surface area contributed by atoms with Gasteiger partial charge in [0.2, 0.25) is 0 Å². The molecule has 1 atom stereocenters. The molecule has 0 bridgehead atoms. The van der Waals surface area contributed by atoms with E-state index in [-0.39, 0.29) is 18.9 Å². The van der Waals surface area contributed by atoms with Crippen molar-refractivity contribution >= 4 is 19.0 Å². The highest BCUT2D eigenvalue weighted by atomic mass is 16.7. The summed E-state index contributed by atoms with van der Waals surface area (Å²) in [6.07, 6.45) is -0.171. The van der Waals surface area contributed by atoms with Gasteiger partial charge in [-0.1, -0.05) is 6.07 Å². The largest absolute Gasteiger partial charge is 0.493 e. The minimum atomic E-state index is -0.958. The number of amides is 1. The standard InChI is InChI=1S/C22H32BNO8/c1-21(2)22(3,4)32-23(31-21)16(13-20(26)27)15-6-7-17(18(12-15)28-5)30-14-19(25)24-8-10-29-11-9-24/h6-7,12,16H,8-11,13-14H2,1-5H3,(H,26,27). The molecule has 0 aliphatic carbocycles. The maximum absolute atomic E-state index is 12.4. The maximum atomic E-state index is 12.4. The summed E-state index contributed by atoms with van der Waals surface area (Å²) < 4.78 is 28.7. The molecule has 1 N–H and O–H groups in total. The zero-order valence-electron chi connectivity index (χ0n) is 19.4. The molecule has 1 unspecified atom stereocenters. The number of methoxy groups -OCH3 is 1. The molecule has 0 aromatic heterocycles. The van der Waals surface area contributed by atoms with Crippen molar-refractivity contribution in [1.29, 1.82) is 0 Å². The zero-order chi connectivity index (χ0) is 23.5. The Morgan fingerprint density at radius 1 is 1.12 bits per heavy atom. The van der Waals surface area contributed by atoms with Crippen molar-refractivity contribution in [3.63, 3.8) is 0 Å². The Morgan fingerprint density at radius 2 is 1.75 bits per heavy atom. The molecule has 2 aliphatic heterocycles. The van der Waals surface area contributed by atoms with Gasteiger partial charge < -0.3 is 33.5 Å². The molecule has 32 heavy (non-hydrogen) atoms. The van der Waals surface area contributed by atoms with Gasteiger partial charge in [0.15, 0.2) is 18.1 Å². The molecular formula is C22H32BNO8. The number of ether oxygens (including phenoxy) is 3. The summed E-state index contributed by atoms with van der Waals surface area (Å²) in [5.41, 5.74) is -0.474. The third-order valence-corrected chi connectivity index (χ3v) is 6.33. The Balaban J connectivity index is 1.77. The molecule has 0 spiro atoms. The summed E-state index contributed by atoms with van der Waals surface area (Å²) in [5, 5.41) is 9.50. The monoisotopic (exact) mass is 449 g/mol. The lowest BCUT2D eigenvalue weighted by Gasteiger charge is -2.32. The average molecular weight is 449 g/mol. The van der Waals surface area contributed by atoms with E-state index in [0.29, 0.717) is 43.4 Å². The second-order valence-corrected chi connectivity index (χ2v) is 9.02. The fourth-order valence-corrected chi connectivity index (χ4v) is 3.69. The van der Waals surface area contributed by atoms with E-state index in [0.717, 1.165) is 0 Å². The van der Waals surface area contributed by atoms with Crippen LogP contribution < -0.4 is 9.47 Å². The fourth-order valence-electron chi connectivity index (χ4n) is 3.69. The summed E-state index contributed by atoms with van der Waals surface area (Å²) in [5.74, 6) is -0.822. The van der Waals surface area contributed by atoms with Gasteiger partial charge in [-0.05, 0) is 45.4 Å². The van der Waals surface area contributed by atoms with E-state index in [4.69, 9.17) is 23.5 Å². The first-order chi connectivity index (χ1) is 15.0. The highest BCUT2D eigenvalue weighted by molar-refractivity contribution is 6.48. The Hall–Kier alpha value is -2.30. The van der Waals surface area contributed by atoms with Crippen LogP contribution in [0.4, 0.5) is 0 Å². The van der Waals surface area contributed by atoms with Crippen molar-refractivity contribution in [1.82, 2.24) is 4.90 Å². The summed E-state index contributed by atoms with van der Waals surface area (Å²) in [6, 6.07) is 5.16. The Bertz CT molecular complexity index is 821. The smallest absolute Gasteiger partial charge is 0.466 e. The molecule has 2 aliphatic rings. The van der Waals surface area contributed by atoms with E-state index in [2.05, 4.69) is 0 Å². The second-order valence-electron chi connectivity index (χ2n) is 9.02. The van der Waals surface area contributed by atoms with Gasteiger partial charge in [0.05, 0.1) is 37.9 Å². The predicted octanol–water partition coefficient (Wildman–Crippen LogP) is 2.12. The third-order valence-electron chi connectivity index (χ3n) is 6.33. The quantitative estimate of drug-likeness (QED) is 0.602. The zero-order valence-corrected chi connectivity index (χ0v) is 19.4. The van der Waals surface area contributed by atoms with Crippen molar-refractivity contribution < 1.29 is 38.2 Å². The van der Waals surface area contributed by atoms with Crippen LogP contribution in [-0.4, -0.2) is 80.2 Å². The summed E-state index contributed by atoms with van der Waals surface area (Å²) >= 11 is 0. The van der Waals surface area contributed by atoms with Crippen molar-refractivity contribution in [2.75, 3.05) is 40.0 Å². The van der Waals surface area contributed by atoms with Crippen LogP contribution in [0.25, 0.3) is 0 Å². The van der Waals surface area contributed by atoms with Crippen LogP contribution in [0.3, 0.4) is 0 Å². The SMILES string of the molecule is COc1cc(C(CC(=O)O)B2OC(C)(C)C(C)(C)O2)ccc1OCC(=O)N1CCOCC1. The van der Waals surface area contributed by atoms with Crippen LogP contribution in [0.15, 0.2) is 18.2 Å². The van der Waals surface area contributed by atoms with Crippen LogP contribution in [-0.2, 0) is 23.6 Å². The average Bonchev–Trinajstić information content (AvgIpc) is 2.97. The van der Waals surface area contributed by atoms with E-state index in [9.17, 15) is 14.7 Å². The number of hydrogen-bond donors (Lipinski definition) is 1. The molecule has 1 aromatic rings. The number of aliphatic carboxylic acids is 1.